The Bertz CT molecular complexity index is 454. The van der Waals surface area contributed by atoms with Crippen molar-refractivity contribution in [1.82, 2.24) is 5.16 Å². The van der Waals surface area contributed by atoms with Gasteiger partial charge >= 0.3 is 0 Å². The summed E-state index contributed by atoms with van der Waals surface area (Å²) in [4.78, 5) is 0.264. The zero-order chi connectivity index (χ0) is 9.42. The van der Waals surface area contributed by atoms with Crippen molar-refractivity contribution >= 4 is 22.6 Å². The molecule has 5 nitrogen and oxygen atoms in total. The van der Waals surface area contributed by atoms with E-state index in [9.17, 15) is 5.21 Å². The standard InChI is InChI=1S/C7H5ClN2O3/c1-12-7-4(8)2-3-5-6(7)10(11)13-9-5/h2-3H,1H3. The maximum absolute atomic E-state index is 11.1. The van der Waals surface area contributed by atoms with E-state index in [1.165, 1.54) is 7.11 Å². The average Bonchev–Trinajstić information content (AvgIpc) is 2.49. The van der Waals surface area contributed by atoms with Gasteiger partial charge in [-0.2, -0.15) is 0 Å². The van der Waals surface area contributed by atoms with Crippen molar-refractivity contribution < 1.29 is 14.3 Å². The van der Waals surface area contributed by atoms with Crippen LogP contribution in [-0.4, -0.2) is 12.3 Å². The van der Waals surface area contributed by atoms with Crippen LogP contribution in [0.3, 0.4) is 0 Å². The van der Waals surface area contributed by atoms with Crippen molar-refractivity contribution in [2.45, 2.75) is 0 Å². The first-order valence-electron chi connectivity index (χ1n) is 3.46. The van der Waals surface area contributed by atoms with Crippen LogP contribution in [0, 0.1) is 5.21 Å². The molecule has 6 heteroatoms. The highest BCUT2D eigenvalue weighted by Crippen LogP contribution is 2.29. The number of halogens is 1. The topological polar surface area (TPSA) is 62.2 Å². The summed E-state index contributed by atoms with van der Waals surface area (Å²) in [5, 5.41) is 14.9. The molecule has 0 N–H and O–H groups in total. The van der Waals surface area contributed by atoms with Gasteiger partial charge in [0.2, 0.25) is 0 Å². The summed E-state index contributed by atoms with van der Waals surface area (Å²) in [6, 6.07) is 3.17. The van der Waals surface area contributed by atoms with Gasteiger partial charge in [-0.1, -0.05) is 11.6 Å². The molecular weight excluding hydrogens is 196 g/mol. The van der Waals surface area contributed by atoms with Gasteiger partial charge in [0.15, 0.2) is 5.75 Å². The number of rotatable bonds is 1. The fourth-order valence-corrected chi connectivity index (χ4v) is 1.33. The van der Waals surface area contributed by atoms with Gasteiger partial charge in [0.05, 0.1) is 12.1 Å². The number of ether oxygens (including phenoxy) is 1. The Morgan fingerprint density at radius 3 is 3.08 bits per heavy atom. The van der Waals surface area contributed by atoms with Gasteiger partial charge in [-0.25, -0.2) is 0 Å². The van der Waals surface area contributed by atoms with E-state index in [2.05, 4.69) is 9.79 Å². The SMILES string of the molecule is COc1c(Cl)ccc2no[n+]([O-])c12. The molecule has 68 valence electrons. The Labute approximate surface area is 78.0 Å². The molecule has 1 heterocycles. The highest BCUT2D eigenvalue weighted by molar-refractivity contribution is 6.33. The first-order chi connectivity index (χ1) is 6.24. The van der Waals surface area contributed by atoms with Crippen molar-refractivity contribution in [3.63, 3.8) is 0 Å². The van der Waals surface area contributed by atoms with Crippen LogP contribution in [0.15, 0.2) is 16.8 Å². The van der Waals surface area contributed by atoms with Gasteiger partial charge in [-0.05, 0) is 17.0 Å². The van der Waals surface area contributed by atoms with Gasteiger partial charge in [-0.15, -0.1) is 0 Å². The third kappa shape index (κ3) is 1.08. The molecule has 0 amide bonds. The zero-order valence-electron chi connectivity index (χ0n) is 6.65. The number of methoxy groups -OCH3 is 1. The van der Waals surface area contributed by atoms with Gasteiger partial charge in [0, 0.05) is 5.16 Å². The third-order valence-corrected chi connectivity index (χ3v) is 1.96. The summed E-state index contributed by atoms with van der Waals surface area (Å²) in [5.74, 6) is 0.274. The smallest absolute Gasteiger partial charge is 0.269 e. The molecule has 0 saturated carbocycles. The number of aromatic nitrogens is 2. The van der Waals surface area contributed by atoms with Gasteiger partial charge in [0.25, 0.3) is 11.0 Å². The van der Waals surface area contributed by atoms with Crippen LogP contribution < -0.4 is 9.64 Å². The fourth-order valence-electron chi connectivity index (χ4n) is 1.10. The Hall–Kier alpha value is -1.49. The minimum atomic E-state index is 0.204. The molecule has 0 aliphatic rings. The summed E-state index contributed by atoms with van der Waals surface area (Å²) in [6.07, 6.45) is 0. The zero-order valence-corrected chi connectivity index (χ0v) is 7.41. The van der Waals surface area contributed by atoms with Crippen molar-refractivity contribution in [1.29, 1.82) is 0 Å². The summed E-state index contributed by atoms with van der Waals surface area (Å²) in [6.45, 7) is 0. The first-order valence-corrected chi connectivity index (χ1v) is 3.83. The van der Waals surface area contributed by atoms with Crippen LogP contribution in [-0.2, 0) is 0 Å². The Balaban J connectivity index is 2.88. The fraction of sp³-hybridized carbons (Fsp3) is 0.143. The van der Waals surface area contributed by atoms with Crippen LogP contribution in [0.1, 0.15) is 0 Å². The van der Waals surface area contributed by atoms with Crippen molar-refractivity contribution in [3.8, 4) is 5.75 Å². The molecule has 2 rings (SSSR count). The molecule has 0 unspecified atom stereocenters. The van der Waals surface area contributed by atoms with E-state index >= 15 is 0 Å². The maximum Gasteiger partial charge on any atom is 0.269 e. The third-order valence-electron chi connectivity index (χ3n) is 1.66. The molecule has 0 radical (unpaired) electrons. The van der Waals surface area contributed by atoms with Gasteiger partial charge in [0.1, 0.15) is 0 Å². The minimum Gasteiger partial charge on any atom is -0.491 e. The van der Waals surface area contributed by atoms with E-state index in [0.717, 1.165) is 0 Å². The molecule has 1 aromatic heterocycles. The summed E-state index contributed by atoms with van der Waals surface area (Å²) < 4.78 is 9.33. The number of hydrogen-bond donors (Lipinski definition) is 0. The maximum atomic E-state index is 11.1. The molecule has 0 bridgehead atoms. The molecule has 0 fully saturated rings. The van der Waals surface area contributed by atoms with Crippen molar-refractivity contribution in [2.75, 3.05) is 7.11 Å². The predicted molar refractivity (Wildman–Crippen MR) is 44.5 cm³/mol. The van der Waals surface area contributed by atoms with Crippen molar-refractivity contribution in [3.05, 3.63) is 22.4 Å². The molecule has 1 aromatic carbocycles. The molecule has 2 aromatic rings. The Kier molecular flexibility index (Phi) is 1.73. The van der Waals surface area contributed by atoms with Crippen LogP contribution >= 0.6 is 11.6 Å². The van der Waals surface area contributed by atoms with E-state index in [1.54, 1.807) is 12.1 Å². The molecule has 0 spiro atoms. The predicted octanol–water partition coefficient (Wildman–Crippen LogP) is 1.12. The van der Waals surface area contributed by atoms with Crippen molar-refractivity contribution in [2.24, 2.45) is 0 Å². The number of benzene rings is 1. The number of fused-ring (bicyclic) bond motifs is 1. The highest BCUT2D eigenvalue weighted by Gasteiger charge is 2.17. The Morgan fingerprint density at radius 2 is 2.38 bits per heavy atom. The first kappa shape index (κ1) is 8.12. The van der Waals surface area contributed by atoms with Crippen LogP contribution in [0.4, 0.5) is 0 Å². The largest absolute Gasteiger partial charge is 0.491 e. The monoisotopic (exact) mass is 200 g/mol. The van der Waals surface area contributed by atoms with Crippen LogP contribution in [0.5, 0.6) is 5.75 Å². The van der Waals surface area contributed by atoms with Gasteiger partial charge in [-0.3, -0.25) is 4.63 Å². The van der Waals surface area contributed by atoms with Crippen LogP contribution in [0.25, 0.3) is 11.0 Å². The second-order valence-electron chi connectivity index (χ2n) is 2.38. The lowest BCUT2D eigenvalue weighted by atomic mass is 10.3. The second kappa shape index (κ2) is 2.77. The van der Waals surface area contributed by atoms with Gasteiger partial charge < -0.3 is 9.94 Å². The lowest BCUT2D eigenvalue weighted by Gasteiger charge is -2.00. The summed E-state index contributed by atoms with van der Waals surface area (Å²) in [5.41, 5.74) is 0.617. The van der Waals surface area contributed by atoms with E-state index in [-0.39, 0.29) is 16.2 Å². The summed E-state index contributed by atoms with van der Waals surface area (Å²) >= 11 is 5.79. The quantitative estimate of drug-likeness (QED) is 0.648. The molecule has 0 aliphatic heterocycles. The van der Waals surface area contributed by atoms with E-state index in [4.69, 9.17) is 16.3 Å². The minimum absolute atomic E-state index is 0.204. The molecular formula is C7H5ClN2O3. The van der Waals surface area contributed by atoms with E-state index < -0.39 is 0 Å². The number of nitrogens with zero attached hydrogens (tertiary/aromatic N) is 2. The second-order valence-corrected chi connectivity index (χ2v) is 2.79. The van der Waals surface area contributed by atoms with E-state index in [0.29, 0.717) is 10.5 Å². The molecule has 13 heavy (non-hydrogen) atoms. The van der Waals surface area contributed by atoms with Crippen LogP contribution in [0.2, 0.25) is 5.02 Å². The lowest BCUT2D eigenvalue weighted by Crippen LogP contribution is -2.23. The lowest BCUT2D eigenvalue weighted by molar-refractivity contribution is -0.782. The molecule has 0 atom stereocenters. The molecule has 0 saturated heterocycles. The highest BCUT2D eigenvalue weighted by atomic mass is 35.5. The molecule has 0 aliphatic carbocycles. The van der Waals surface area contributed by atoms with E-state index in [1.807, 2.05) is 0 Å². The average molecular weight is 201 g/mol. The Morgan fingerprint density at radius 1 is 1.62 bits per heavy atom. The number of hydrogen-bond acceptors (Lipinski definition) is 4. The normalized spacial score (nSPS) is 10.6. The summed E-state index contributed by atoms with van der Waals surface area (Å²) in [7, 11) is 1.42.